The molecule has 10 heteroatoms. The second kappa shape index (κ2) is 9.48. The summed E-state index contributed by atoms with van der Waals surface area (Å²) in [6.07, 6.45) is -7.05. The number of hydrogen-bond acceptors (Lipinski definition) is 10. The van der Waals surface area contributed by atoms with Crippen LogP contribution in [0, 0.1) is 0 Å². The van der Waals surface area contributed by atoms with Gasteiger partial charge in [0.05, 0.1) is 12.7 Å². The molecule has 0 aromatic heterocycles. The summed E-state index contributed by atoms with van der Waals surface area (Å²) in [5.74, 6) is -0.702. The van der Waals surface area contributed by atoms with Crippen molar-refractivity contribution in [3.63, 3.8) is 0 Å². The van der Waals surface area contributed by atoms with Crippen molar-refractivity contribution in [1.82, 2.24) is 0 Å². The largest absolute Gasteiger partial charge is 0.508 e. The maximum atomic E-state index is 12.6. The molecule has 33 heavy (non-hydrogen) atoms. The minimum Gasteiger partial charge on any atom is -0.508 e. The van der Waals surface area contributed by atoms with Crippen LogP contribution in [0.3, 0.4) is 0 Å². The first kappa shape index (κ1) is 23.2. The van der Waals surface area contributed by atoms with Crippen LogP contribution in [-0.4, -0.2) is 80.0 Å². The Hall–Kier alpha value is -2.99. The number of carbonyl (C=O) groups is 1. The van der Waals surface area contributed by atoms with Gasteiger partial charge in [-0.2, -0.15) is 0 Å². The molecule has 0 bridgehead atoms. The predicted molar refractivity (Wildman–Crippen MR) is 112 cm³/mol. The number of aromatic hydroxyl groups is 2. The highest BCUT2D eigenvalue weighted by atomic mass is 16.7. The highest BCUT2D eigenvalue weighted by molar-refractivity contribution is 5.94. The Morgan fingerprint density at radius 2 is 1.64 bits per heavy atom. The maximum absolute atomic E-state index is 12.6. The van der Waals surface area contributed by atoms with Gasteiger partial charge in [-0.05, 0) is 34.9 Å². The van der Waals surface area contributed by atoms with E-state index in [0.717, 1.165) is 0 Å². The summed E-state index contributed by atoms with van der Waals surface area (Å²) in [7, 11) is 0. The maximum Gasteiger partial charge on any atom is 0.336 e. The lowest BCUT2D eigenvalue weighted by Crippen LogP contribution is -2.59. The van der Waals surface area contributed by atoms with Crippen LogP contribution in [0.25, 0.3) is 5.57 Å². The normalized spacial score (nSPS) is 31.5. The summed E-state index contributed by atoms with van der Waals surface area (Å²) in [5, 5.41) is 59.5. The molecule has 0 unspecified atom stereocenters. The lowest BCUT2D eigenvalue weighted by Gasteiger charge is -2.41. The number of benzene rings is 2. The summed E-state index contributed by atoms with van der Waals surface area (Å²) in [6, 6.07) is 10.3. The number of phenolic OH excluding ortho intramolecular Hbond substituents is 2. The van der Waals surface area contributed by atoms with E-state index in [2.05, 4.69) is 0 Å². The topological polar surface area (TPSA) is 166 Å². The minimum absolute atomic E-state index is 0.0139. The van der Waals surface area contributed by atoms with Crippen LogP contribution in [0.2, 0.25) is 0 Å². The van der Waals surface area contributed by atoms with Gasteiger partial charge >= 0.3 is 5.97 Å². The van der Waals surface area contributed by atoms with Crippen molar-refractivity contribution in [1.29, 1.82) is 0 Å². The molecular weight excluding hydrogens is 436 g/mol. The molecule has 1 saturated heterocycles. The summed E-state index contributed by atoms with van der Waals surface area (Å²) >= 11 is 0. The van der Waals surface area contributed by atoms with Crippen molar-refractivity contribution >= 4 is 11.5 Å². The van der Waals surface area contributed by atoms with Gasteiger partial charge in [0.25, 0.3) is 0 Å². The number of rotatable bonds is 4. The molecule has 10 nitrogen and oxygen atoms in total. The van der Waals surface area contributed by atoms with Crippen LogP contribution in [0.4, 0.5) is 0 Å². The highest BCUT2D eigenvalue weighted by Gasteiger charge is 2.45. The average molecular weight is 460 g/mol. The molecule has 176 valence electrons. The fraction of sp³-hybridized carbons (Fsp3) is 0.348. The Morgan fingerprint density at radius 1 is 0.939 bits per heavy atom. The van der Waals surface area contributed by atoms with Crippen LogP contribution < -0.4 is 4.74 Å². The second-order valence-electron chi connectivity index (χ2n) is 7.89. The second-order valence-corrected chi connectivity index (χ2v) is 7.89. The Balaban J connectivity index is 1.73. The molecule has 6 N–H and O–H groups in total. The number of phenols is 2. The predicted octanol–water partition coefficient (Wildman–Crippen LogP) is -0.172. The molecule has 2 aliphatic rings. The fourth-order valence-electron chi connectivity index (χ4n) is 3.86. The summed E-state index contributed by atoms with van der Waals surface area (Å²) in [4.78, 5) is 12.6. The average Bonchev–Trinajstić information content (AvgIpc) is 2.78. The molecule has 1 fully saturated rings. The fourth-order valence-corrected chi connectivity index (χ4v) is 3.86. The monoisotopic (exact) mass is 460 g/mol. The van der Waals surface area contributed by atoms with Gasteiger partial charge in [-0.25, -0.2) is 4.79 Å². The molecule has 2 heterocycles. The van der Waals surface area contributed by atoms with Crippen molar-refractivity contribution in [3.8, 4) is 17.2 Å². The molecule has 4 rings (SSSR count). The Bertz CT molecular complexity index is 1030. The van der Waals surface area contributed by atoms with E-state index < -0.39 is 49.4 Å². The van der Waals surface area contributed by atoms with Crippen molar-refractivity contribution in [2.24, 2.45) is 0 Å². The first-order valence-corrected chi connectivity index (χ1v) is 10.3. The van der Waals surface area contributed by atoms with Crippen LogP contribution >= 0.6 is 0 Å². The molecule has 2 aliphatic heterocycles. The van der Waals surface area contributed by atoms with Crippen molar-refractivity contribution in [2.75, 3.05) is 6.61 Å². The lowest BCUT2D eigenvalue weighted by molar-refractivity contribution is -0.306. The number of esters is 1. The number of carbonyl (C=O) groups excluding carboxylic acids is 1. The number of aliphatic hydroxyl groups excluding tert-OH is 4. The zero-order chi connectivity index (χ0) is 23.7. The van der Waals surface area contributed by atoms with E-state index in [0.29, 0.717) is 16.7 Å². The molecule has 0 radical (unpaired) electrons. The van der Waals surface area contributed by atoms with Crippen molar-refractivity contribution < 1.29 is 49.6 Å². The first-order chi connectivity index (χ1) is 15.8. The molecule has 2 aromatic carbocycles. The zero-order valence-corrected chi connectivity index (χ0v) is 17.3. The van der Waals surface area contributed by atoms with Gasteiger partial charge in [0.1, 0.15) is 41.7 Å². The van der Waals surface area contributed by atoms with E-state index in [-0.39, 0.29) is 23.7 Å². The van der Waals surface area contributed by atoms with Crippen LogP contribution in [0.15, 0.2) is 48.5 Å². The first-order valence-electron chi connectivity index (χ1n) is 10.3. The Kier molecular flexibility index (Phi) is 6.66. The van der Waals surface area contributed by atoms with Gasteiger partial charge in [0.2, 0.25) is 0 Å². The number of aliphatic hydroxyl groups is 4. The van der Waals surface area contributed by atoms with Gasteiger partial charge in [-0.1, -0.05) is 18.2 Å². The van der Waals surface area contributed by atoms with Gasteiger partial charge in [-0.15, -0.1) is 0 Å². The zero-order valence-electron chi connectivity index (χ0n) is 17.3. The minimum atomic E-state index is -1.64. The van der Waals surface area contributed by atoms with Crippen LogP contribution in [0.5, 0.6) is 17.2 Å². The third-order valence-electron chi connectivity index (χ3n) is 5.63. The lowest BCUT2D eigenvalue weighted by atomic mass is 9.93. The number of hydrogen-bond donors (Lipinski definition) is 6. The highest BCUT2D eigenvalue weighted by Crippen LogP contribution is 2.35. The van der Waals surface area contributed by atoms with E-state index in [4.69, 9.17) is 14.2 Å². The van der Waals surface area contributed by atoms with Gasteiger partial charge in [-0.3, -0.25) is 0 Å². The van der Waals surface area contributed by atoms with Gasteiger partial charge in [0, 0.05) is 18.6 Å². The summed E-state index contributed by atoms with van der Waals surface area (Å²) in [5.41, 5.74) is 1.37. The van der Waals surface area contributed by atoms with E-state index in [9.17, 15) is 35.4 Å². The van der Waals surface area contributed by atoms with Crippen molar-refractivity contribution in [2.45, 2.75) is 43.2 Å². The standard InChI is InChI=1S/C23H24O10/c24-10-18-20(28)21(29)22(30)23(33-18)32-17-7-12-3-6-14(26)8-16(12)31-19(27)9-15(17)11-1-4-13(25)5-2-11/h1-6,8-9,17-18,20-26,28-30H,7,10H2/b15-9-/t17-,18+,20+,21-,22+,23+/m0/s1. The SMILES string of the molecule is O=C1/C=C(/c2ccc(O)cc2)[C@@H](O[C@@H]2O[C@H](CO)[C@@H](O)[C@H](O)[C@H]2O)Cc2ccc(O)cc2O1. The summed E-state index contributed by atoms with van der Waals surface area (Å²) in [6.45, 7) is -0.620. The van der Waals surface area contributed by atoms with E-state index in [1.165, 1.54) is 30.3 Å². The molecule has 0 amide bonds. The Morgan fingerprint density at radius 3 is 2.33 bits per heavy atom. The van der Waals surface area contributed by atoms with E-state index in [1.54, 1.807) is 18.2 Å². The van der Waals surface area contributed by atoms with Crippen molar-refractivity contribution in [3.05, 3.63) is 59.7 Å². The van der Waals surface area contributed by atoms with E-state index >= 15 is 0 Å². The van der Waals surface area contributed by atoms with Gasteiger partial charge < -0.3 is 44.8 Å². The smallest absolute Gasteiger partial charge is 0.336 e. The quantitative estimate of drug-likeness (QED) is 0.266. The third kappa shape index (κ3) is 4.86. The Labute approximate surface area is 188 Å². The molecular formula is C23H24O10. The number of fused-ring (bicyclic) bond motifs is 1. The van der Waals surface area contributed by atoms with Crippen LogP contribution in [-0.2, 0) is 20.7 Å². The van der Waals surface area contributed by atoms with Gasteiger partial charge in [0.15, 0.2) is 6.29 Å². The number of ether oxygens (including phenoxy) is 3. The summed E-state index contributed by atoms with van der Waals surface area (Å²) < 4.78 is 16.8. The molecule has 0 saturated carbocycles. The van der Waals surface area contributed by atoms with E-state index in [1.807, 2.05) is 0 Å². The molecule has 2 aromatic rings. The third-order valence-corrected chi connectivity index (χ3v) is 5.63. The van der Waals surface area contributed by atoms with Crippen LogP contribution in [0.1, 0.15) is 11.1 Å². The molecule has 6 atom stereocenters. The molecule has 0 aliphatic carbocycles. The molecule has 0 spiro atoms.